The summed E-state index contributed by atoms with van der Waals surface area (Å²) in [6.45, 7) is 1.65. The molecule has 3 rings (SSSR count). The topological polar surface area (TPSA) is 48.4 Å². The minimum atomic E-state index is 0.172. The standard InChI is InChI=1S/C16H21N3OS/c1-19(8-9-20)14-6-4-13(5-7-14)17-10-15-11-18-16(21-15)12-2-3-12/h4-7,11-12,17,20H,2-3,8-10H2,1H3. The van der Waals surface area contributed by atoms with Crippen molar-refractivity contribution < 1.29 is 5.11 Å². The maximum Gasteiger partial charge on any atom is 0.0959 e. The average Bonchev–Trinajstić information content (AvgIpc) is 3.25. The van der Waals surface area contributed by atoms with E-state index in [2.05, 4.69) is 34.6 Å². The van der Waals surface area contributed by atoms with Gasteiger partial charge in [0.15, 0.2) is 0 Å². The SMILES string of the molecule is CN(CCO)c1ccc(NCc2cnc(C3CC3)s2)cc1. The molecule has 0 radical (unpaired) electrons. The summed E-state index contributed by atoms with van der Waals surface area (Å²) in [7, 11) is 1.98. The Hall–Kier alpha value is -1.59. The van der Waals surface area contributed by atoms with Gasteiger partial charge in [0.25, 0.3) is 0 Å². The summed E-state index contributed by atoms with van der Waals surface area (Å²) in [5.41, 5.74) is 2.22. The van der Waals surface area contributed by atoms with Gasteiger partial charge in [-0.05, 0) is 37.1 Å². The Morgan fingerprint density at radius 2 is 2.10 bits per heavy atom. The normalized spacial score (nSPS) is 14.2. The molecule has 0 aliphatic heterocycles. The lowest BCUT2D eigenvalue weighted by Gasteiger charge is -2.18. The Morgan fingerprint density at radius 1 is 1.33 bits per heavy atom. The van der Waals surface area contributed by atoms with Gasteiger partial charge in [-0.25, -0.2) is 4.98 Å². The van der Waals surface area contributed by atoms with Gasteiger partial charge in [0.05, 0.1) is 18.2 Å². The number of hydrogen-bond acceptors (Lipinski definition) is 5. The minimum Gasteiger partial charge on any atom is -0.395 e. The molecule has 2 aromatic rings. The molecule has 1 aliphatic carbocycles. The molecule has 1 heterocycles. The molecule has 1 fully saturated rings. The summed E-state index contributed by atoms with van der Waals surface area (Å²) in [4.78, 5) is 7.82. The summed E-state index contributed by atoms with van der Waals surface area (Å²) in [6, 6.07) is 8.29. The van der Waals surface area contributed by atoms with E-state index in [9.17, 15) is 0 Å². The van der Waals surface area contributed by atoms with E-state index in [0.29, 0.717) is 6.54 Å². The number of nitrogens with zero attached hydrogens (tertiary/aromatic N) is 2. The molecule has 112 valence electrons. The van der Waals surface area contributed by atoms with Crippen LogP contribution in [0.2, 0.25) is 0 Å². The van der Waals surface area contributed by atoms with Crippen LogP contribution >= 0.6 is 11.3 Å². The number of hydrogen-bond donors (Lipinski definition) is 2. The number of rotatable bonds is 7. The first-order valence-electron chi connectivity index (χ1n) is 7.37. The minimum absolute atomic E-state index is 0.172. The fourth-order valence-electron chi connectivity index (χ4n) is 2.23. The first-order chi connectivity index (χ1) is 10.3. The summed E-state index contributed by atoms with van der Waals surface area (Å²) in [5.74, 6) is 0.741. The van der Waals surface area contributed by atoms with Gasteiger partial charge in [0, 0.05) is 42.0 Å². The molecule has 0 bridgehead atoms. The molecule has 0 spiro atoms. The van der Waals surface area contributed by atoms with E-state index in [0.717, 1.165) is 23.8 Å². The van der Waals surface area contributed by atoms with Gasteiger partial charge in [-0.15, -0.1) is 11.3 Å². The van der Waals surface area contributed by atoms with Crippen molar-refractivity contribution in [3.63, 3.8) is 0 Å². The van der Waals surface area contributed by atoms with Crippen molar-refractivity contribution >= 4 is 22.7 Å². The number of likely N-dealkylation sites (N-methyl/N-ethyl adjacent to an activating group) is 1. The van der Waals surface area contributed by atoms with Gasteiger partial charge < -0.3 is 15.3 Å². The zero-order valence-electron chi connectivity index (χ0n) is 12.2. The van der Waals surface area contributed by atoms with E-state index < -0.39 is 0 Å². The third-order valence-corrected chi connectivity index (χ3v) is 4.87. The van der Waals surface area contributed by atoms with Crippen molar-refractivity contribution in [2.45, 2.75) is 25.3 Å². The number of aromatic nitrogens is 1. The smallest absolute Gasteiger partial charge is 0.0959 e. The molecule has 1 saturated carbocycles. The Kier molecular flexibility index (Phi) is 4.41. The molecule has 0 atom stereocenters. The van der Waals surface area contributed by atoms with Crippen LogP contribution in [0.5, 0.6) is 0 Å². The Labute approximate surface area is 129 Å². The predicted octanol–water partition coefficient (Wildman–Crippen LogP) is 3.06. The highest BCUT2D eigenvalue weighted by atomic mass is 32.1. The van der Waals surface area contributed by atoms with Crippen molar-refractivity contribution in [3.8, 4) is 0 Å². The first-order valence-corrected chi connectivity index (χ1v) is 8.18. The third-order valence-electron chi connectivity index (χ3n) is 3.71. The van der Waals surface area contributed by atoms with Crippen LogP contribution in [0, 0.1) is 0 Å². The molecule has 21 heavy (non-hydrogen) atoms. The van der Waals surface area contributed by atoms with E-state index >= 15 is 0 Å². The van der Waals surface area contributed by atoms with E-state index in [4.69, 9.17) is 5.11 Å². The van der Waals surface area contributed by atoms with E-state index in [1.54, 1.807) is 0 Å². The maximum absolute atomic E-state index is 8.95. The number of nitrogens with one attached hydrogen (secondary N) is 1. The van der Waals surface area contributed by atoms with Crippen molar-refractivity contribution in [2.75, 3.05) is 30.4 Å². The molecular weight excluding hydrogens is 282 g/mol. The largest absolute Gasteiger partial charge is 0.395 e. The van der Waals surface area contributed by atoms with Gasteiger partial charge in [-0.1, -0.05) is 0 Å². The number of aliphatic hydroxyl groups excluding tert-OH is 1. The predicted molar refractivity (Wildman–Crippen MR) is 88.2 cm³/mol. The van der Waals surface area contributed by atoms with Crippen molar-refractivity contribution in [2.24, 2.45) is 0 Å². The third kappa shape index (κ3) is 3.74. The van der Waals surface area contributed by atoms with Gasteiger partial charge >= 0.3 is 0 Å². The van der Waals surface area contributed by atoms with Crippen LogP contribution in [0.25, 0.3) is 0 Å². The Morgan fingerprint density at radius 3 is 2.76 bits per heavy atom. The van der Waals surface area contributed by atoms with Crippen molar-refractivity contribution in [1.29, 1.82) is 0 Å². The zero-order valence-corrected chi connectivity index (χ0v) is 13.1. The molecule has 5 heteroatoms. The van der Waals surface area contributed by atoms with Crippen molar-refractivity contribution in [1.82, 2.24) is 4.98 Å². The van der Waals surface area contributed by atoms with E-state index in [1.165, 1.54) is 22.7 Å². The van der Waals surface area contributed by atoms with Crippen LogP contribution < -0.4 is 10.2 Å². The lowest BCUT2D eigenvalue weighted by atomic mass is 10.2. The van der Waals surface area contributed by atoms with Crippen LogP contribution in [-0.2, 0) is 6.54 Å². The monoisotopic (exact) mass is 303 g/mol. The van der Waals surface area contributed by atoms with Crippen LogP contribution in [0.1, 0.15) is 28.6 Å². The highest BCUT2D eigenvalue weighted by Gasteiger charge is 2.26. The molecule has 2 N–H and O–H groups in total. The average molecular weight is 303 g/mol. The molecular formula is C16H21N3OS. The Balaban J connectivity index is 1.54. The molecule has 0 unspecified atom stereocenters. The second-order valence-corrected chi connectivity index (χ2v) is 6.63. The summed E-state index contributed by atoms with van der Waals surface area (Å²) in [5, 5.41) is 13.7. The zero-order chi connectivity index (χ0) is 14.7. The van der Waals surface area contributed by atoms with Crippen LogP contribution in [0.4, 0.5) is 11.4 Å². The summed E-state index contributed by atoms with van der Waals surface area (Å²) >= 11 is 1.83. The molecule has 0 saturated heterocycles. The molecule has 1 aromatic carbocycles. The lowest BCUT2D eigenvalue weighted by Crippen LogP contribution is -2.20. The maximum atomic E-state index is 8.95. The van der Waals surface area contributed by atoms with E-state index in [1.807, 2.05) is 29.5 Å². The van der Waals surface area contributed by atoms with Crippen molar-refractivity contribution in [3.05, 3.63) is 40.3 Å². The second-order valence-electron chi connectivity index (χ2n) is 5.48. The lowest BCUT2D eigenvalue weighted by molar-refractivity contribution is 0.304. The molecule has 1 aliphatic rings. The quantitative estimate of drug-likeness (QED) is 0.825. The number of thiazole rings is 1. The number of anilines is 2. The van der Waals surface area contributed by atoms with Gasteiger partial charge in [0.1, 0.15) is 0 Å². The van der Waals surface area contributed by atoms with Gasteiger partial charge in [-0.2, -0.15) is 0 Å². The number of aliphatic hydroxyl groups is 1. The van der Waals surface area contributed by atoms with Gasteiger partial charge in [-0.3, -0.25) is 0 Å². The molecule has 4 nitrogen and oxygen atoms in total. The molecule has 0 amide bonds. The summed E-state index contributed by atoms with van der Waals surface area (Å²) < 4.78 is 0. The summed E-state index contributed by atoms with van der Waals surface area (Å²) in [6.07, 6.45) is 4.61. The highest BCUT2D eigenvalue weighted by molar-refractivity contribution is 7.11. The van der Waals surface area contributed by atoms with Crippen LogP contribution in [0.3, 0.4) is 0 Å². The van der Waals surface area contributed by atoms with Gasteiger partial charge in [0.2, 0.25) is 0 Å². The van der Waals surface area contributed by atoms with Crippen LogP contribution in [-0.4, -0.2) is 30.3 Å². The number of benzene rings is 1. The van der Waals surface area contributed by atoms with Crippen LogP contribution in [0.15, 0.2) is 30.5 Å². The first kappa shape index (κ1) is 14.4. The van der Waals surface area contributed by atoms with E-state index in [-0.39, 0.29) is 6.61 Å². The Bertz CT molecular complexity index is 577. The molecule has 1 aromatic heterocycles. The second kappa shape index (κ2) is 6.45. The fourth-order valence-corrected chi connectivity index (χ4v) is 3.25. The fraction of sp³-hybridized carbons (Fsp3) is 0.438. The highest BCUT2D eigenvalue weighted by Crippen LogP contribution is 2.41.